The number of morpholine rings is 1. The van der Waals surface area contributed by atoms with Crippen LogP contribution in [0.15, 0.2) is 0 Å². The molecule has 1 aliphatic heterocycles. The molecule has 3 heteroatoms. The third-order valence-corrected chi connectivity index (χ3v) is 5.03. The maximum Gasteiger partial charge on any atom is 0.0674 e. The van der Waals surface area contributed by atoms with Gasteiger partial charge in [0.05, 0.1) is 12.7 Å². The van der Waals surface area contributed by atoms with E-state index in [0.29, 0.717) is 24.1 Å². The summed E-state index contributed by atoms with van der Waals surface area (Å²) in [7, 11) is 0. The van der Waals surface area contributed by atoms with Crippen molar-refractivity contribution in [1.29, 1.82) is 0 Å². The van der Waals surface area contributed by atoms with Crippen molar-refractivity contribution in [2.45, 2.75) is 64.6 Å². The molecule has 0 amide bonds. The van der Waals surface area contributed by atoms with Crippen LogP contribution in [0.5, 0.6) is 0 Å². The van der Waals surface area contributed by atoms with E-state index in [4.69, 9.17) is 10.5 Å². The van der Waals surface area contributed by atoms with Gasteiger partial charge in [0.25, 0.3) is 0 Å². The van der Waals surface area contributed by atoms with Gasteiger partial charge in [-0.3, -0.25) is 4.90 Å². The summed E-state index contributed by atoms with van der Waals surface area (Å²) in [5.74, 6) is 1.60. The topological polar surface area (TPSA) is 38.5 Å². The second-order valence-electron chi connectivity index (χ2n) is 6.34. The molecule has 0 spiro atoms. The van der Waals surface area contributed by atoms with Crippen LogP contribution in [-0.2, 0) is 4.74 Å². The Morgan fingerprint density at radius 3 is 2.72 bits per heavy atom. The van der Waals surface area contributed by atoms with Crippen molar-refractivity contribution in [2.24, 2.45) is 17.6 Å². The minimum absolute atomic E-state index is 0.377. The lowest BCUT2D eigenvalue weighted by Crippen LogP contribution is -2.56. The number of nitrogens with zero attached hydrogens (tertiary/aromatic N) is 1. The molecule has 0 aromatic heterocycles. The van der Waals surface area contributed by atoms with Crippen molar-refractivity contribution in [3.8, 4) is 0 Å². The van der Waals surface area contributed by atoms with E-state index >= 15 is 0 Å². The summed E-state index contributed by atoms with van der Waals surface area (Å²) in [5.41, 5.74) is 6.01. The first-order valence-corrected chi connectivity index (χ1v) is 7.73. The van der Waals surface area contributed by atoms with Gasteiger partial charge < -0.3 is 10.5 Å². The second kappa shape index (κ2) is 6.36. The maximum atomic E-state index is 6.01. The Morgan fingerprint density at radius 2 is 2.06 bits per heavy atom. The first-order valence-electron chi connectivity index (χ1n) is 7.73. The Hall–Kier alpha value is -0.120. The van der Waals surface area contributed by atoms with Crippen molar-refractivity contribution in [2.75, 3.05) is 19.7 Å². The van der Waals surface area contributed by atoms with E-state index in [2.05, 4.69) is 25.7 Å². The molecule has 0 aromatic carbocycles. The summed E-state index contributed by atoms with van der Waals surface area (Å²) in [5, 5.41) is 0. The van der Waals surface area contributed by atoms with Gasteiger partial charge in [-0.15, -0.1) is 0 Å². The predicted octanol–water partition coefficient (Wildman–Crippen LogP) is 2.25. The highest BCUT2D eigenvalue weighted by molar-refractivity contribution is 4.91. The van der Waals surface area contributed by atoms with Crippen LogP contribution in [0.25, 0.3) is 0 Å². The fourth-order valence-electron chi connectivity index (χ4n) is 3.74. The van der Waals surface area contributed by atoms with Crippen LogP contribution in [0.2, 0.25) is 0 Å². The second-order valence-corrected chi connectivity index (χ2v) is 6.34. The molecule has 106 valence electrons. The van der Waals surface area contributed by atoms with Gasteiger partial charge in [0.15, 0.2) is 0 Å². The quantitative estimate of drug-likeness (QED) is 0.839. The molecule has 18 heavy (non-hydrogen) atoms. The minimum atomic E-state index is 0.377. The highest BCUT2D eigenvalue weighted by Gasteiger charge is 2.37. The summed E-state index contributed by atoms with van der Waals surface area (Å²) in [4.78, 5) is 2.69. The summed E-state index contributed by atoms with van der Waals surface area (Å²) < 4.78 is 5.76. The van der Waals surface area contributed by atoms with Crippen LogP contribution in [0, 0.1) is 11.8 Å². The van der Waals surface area contributed by atoms with E-state index < -0.39 is 0 Å². The first-order chi connectivity index (χ1) is 8.65. The fourth-order valence-corrected chi connectivity index (χ4v) is 3.74. The van der Waals surface area contributed by atoms with Gasteiger partial charge in [0.1, 0.15) is 0 Å². The standard InChI is InChI=1S/C15H30N2O/c1-4-13-5-6-14(8-16)15(7-13)17-9-12(3)18-10-11(17)2/h11-15H,4-10,16H2,1-3H3. The third kappa shape index (κ3) is 3.06. The Bertz CT molecular complexity index is 259. The SMILES string of the molecule is CCC1CCC(CN)C(N2CC(C)OCC2C)C1. The number of rotatable bonds is 3. The number of nitrogens with two attached hydrogens (primary N) is 1. The molecular formula is C15H30N2O. The Morgan fingerprint density at radius 1 is 1.28 bits per heavy atom. The summed E-state index contributed by atoms with van der Waals surface area (Å²) in [6, 6.07) is 1.24. The zero-order valence-corrected chi connectivity index (χ0v) is 12.3. The highest BCUT2D eigenvalue weighted by Crippen LogP contribution is 2.35. The smallest absolute Gasteiger partial charge is 0.0674 e. The Balaban J connectivity index is 2.06. The molecule has 5 atom stereocenters. The van der Waals surface area contributed by atoms with E-state index in [1.165, 1.54) is 25.7 Å². The third-order valence-electron chi connectivity index (χ3n) is 5.03. The monoisotopic (exact) mass is 254 g/mol. The van der Waals surface area contributed by atoms with E-state index in [9.17, 15) is 0 Å². The van der Waals surface area contributed by atoms with Crippen molar-refractivity contribution in [3.63, 3.8) is 0 Å². The Kier molecular flexibility index (Phi) is 5.05. The molecule has 2 aliphatic rings. The lowest BCUT2D eigenvalue weighted by molar-refractivity contribution is -0.0843. The van der Waals surface area contributed by atoms with Crippen molar-refractivity contribution in [3.05, 3.63) is 0 Å². The first kappa shape index (κ1) is 14.3. The molecule has 1 saturated heterocycles. The van der Waals surface area contributed by atoms with Gasteiger partial charge in [-0.05, 0) is 45.1 Å². The molecule has 0 radical (unpaired) electrons. The maximum absolute atomic E-state index is 6.01. The molecule has 1 saturated carbocycles. The molecule has 3 nitrogen and oxygen atoms in total. The zero-order valence-electron chi connectivity index (χ0n) is 12.3. The molecule has 1 aliphatic carbocycles. The minimum Gasteiger partial charge on any atom is -0.376 e. The van der Waals surface area contributed by atoms with Gasteiger partial charge in [-0.2, -0.15) is 0 Å². The average Bonchev–Trinajstić information content (AvgIpc) is 2.40. The number of hydrogen-bond acceptors (Lipinski definition) is 3. The molecule has 2 fully saturated rings. The predicted molar refractivity (Wildman–Crippen MR) is 75.5 cm³/mol. The molecule has 0 aromatic rings. The molecule has 2 N–H and O–H groups in total. The molecule has 1 heterocycles. The summed E-state index contributed by atoms with van der Waals surface area (Å²) >= 11 is 0. The van der Waals surface area contributed by atoms with Gasteiger partial charge in [-0.1, -0.05) is 19.8 Å². The van der Waals surface area contributed by atoms with Crippen molar-refractivity contribution in [1.82, 2.24) is 4.90 Å². The van der Waals surface area contributed by atoms with Crippen LogP contribution >= 0.6 is 0 Å². The van der Waals surface area contributed by atoms with Gasteiger partial charge >= 0.3 is 0 Å². The number of hydrogen-bond donors (Lipinski definition) is 1. The molecule has 2 rings (SSSR count). The lowest BCUT2D eigenvalue weighted by atomic mass is 9.76. The summed E-state index contributed by atoms with van der Waals surface area (Å²) in [6.45, 7) is 9.63. The molecule has 0 bridgehead atoms. The number of ether oxygens (including phenoxy) is 1. The molecular weight excluding hydrogens is 224 g/mol. The van der Waals surface area contributed by atoms with E-state index in [0.717, 1.165) is 25.6 Å². The van der Waals surface area contributed by atoms with Crippen LogP contribution < -0.4 is 5.73 Å². The van der Waals surface area contributed by atoms with Crippen LogP contribution in [-0.4, -0.2) is 42.8 Å². The highest BCUT2D eigenvalue weighted by atomic mass is 16.5. The largest absolute Gasteiger partial charge is 0.376 e. The van der Waals surface area contributed by atoms with Crippen molar-refractivity contribution >= 4 is 0 Å². The zero-order chi connectivity index (χ0) is 13.1. The van der Waals surface area contributed by atoms with E-state index in [-0.39, 0.29) is 0 Å². The van der Waals surface area contributed by atoms with Gasteiger partial charge in [-0.25, -0.2) is 0 Å². The van der Waals surface area contributed by atoms with Crippen LogP contribution in [0.3, 0.4) is 0 Å². The van der Waals surface area contributed by atoms with Crippen LogP contribution in [0.4, 0.5) is 0 Å². The normalized spacial score (nSPS) is 43.0. The van der Waals surface area contributed by atoms with Gasteiger partial charge in [0.2, 0.25) is 0 Å². The van der Waals surface area contributed by atoms with E-state index in [1.807, 2.05) is 0 Å². The summed E-state index contributed by atoms with van der Waals surface area (Å²) in [6.07, 6.45) is 5.74. The lowest BCUT2D eigenvalue weighted by Gasteiger charge is -2.48. The fraction of sp³-hybridized carbons (Fsp3) is 1.00. The van der Waals surface area contributed by atoms with Crippen LogP contribution in [0.1, 0.15) is 46.5 Å². The average molecular weight is 254 g/mol. The van der Waals surface area contributed by atoms with Gasteiger partial charge in [0, 0.05) is 18.6 Å². The Labute approximate surface area is 112 Å². The molecule has 5 unspecified atom stereocenters. The van der Waals surface area contributed by atoms with E-state index in [1.54, 1.807) is 0 Å². The van der Waals surface area contributed by atoms with Crippen molar-refractivity contribution < 1.29 is 4.74 Å².